The van der Waals surface area contributed by atoms with Gasteiger partial charge in [0.05, 0.1) is 42.5 Å². The molecule has 6 atom stereocenters. The number of hydrogen-bond acceptors (Lipinski definition) is 8. The lowest BCUT2D eigenvalue weighted by Gasteiger charge is -2.18. The fourth-order valence-electron chi connectivity index (χ4n) is 5.63. The summed E-state index contributed by atoms with van der Waals surface area (Å²) >= 11 is 0. The monoisotopic (exact) mass is 536 g/mol. The largest absolute Gasteiger partial charge is 0.494 e. The van der Waals surface area contributed by atoms with E-state index in [0.717, 1.165) is 57.5 Å². The lowest BCUT2D eigenvalue weighted by Crippen LogP contribution is -2.25. The van der Waals surface area contributed by atoms with E-state index in [9.17, 15) is 9.59 Å². The number of epoxide rings is 2. The van der Waals surface area contributed by atoms with Gasteiger partial charge >= 0.3 is 11.9 Å². The zero-order chi connectivity index (χ0) is 26.6. The predicted molar refractivity (Wildman–Crippen MR) is 141 cm³/mol. The number of fused-ring (bicyclic) bond motifs is 2. The molecule has 6 rings (SSSR count). The number of ether oxygens (including phenoxy) is 6. The third-order valence-electron chi connectivity index (χ3n) is 8.10. The predicted octanol–water partition coefficient (Wildman–Crippen LogP) is 5.12. The zero-order valence-corrected chi connectivity index (χ0v) is 22.1. The van der Waals surface area contributed by atoms with Gasteiger partial charge in [0, 0.05) is 13.2 Å². The summed E-state index contributed by atoms with van der Waals surface area (Å²) in [5.41, 5.74) is 0.373. The Morgan fingerprint density at radius 2 is 1.33 bits per heavy atom. The highest BCUT2D eigenvalue weighted by molar-refractivity contribution is 5.91. The number of unbranched alkanes of at least 4 members (excludes halogenated alkanes) is 1. The molecule has 8 nitrogen and oxygen atoms in total. The Kier molecular flexibility index (Phi) is 8.13. The van der Waals surface area contributed by atoms with Crippen molar-refractivity contribution >= 4 is 11.9 Å². The molecule has 0 amide bonds. The summed E-state index contributed by atoms with van der Waals surface area (Å²) < 4.78 is 33.7. The second kappa shape index (κ2) is 12.1. The Bertz CT molecular complexity index is 1130. The molecule has 208 valence electrons. The lowest BCUT2D eigenvalue weighted by molar-refractivity contribution is -0.139. The first kappa shape index (κ1) is 26.3. The average Bonchev–Trinajstić information content (AvgIpc) is 3.88. The van der Waals surface area contributed by atoms with Gasteiger partial charge in [0.15, 0.2) is 0 Å². The minimum atomic E-state index is -0.483. The van der Waals surface area contributed by atoms with Crippen molar-refractivity contribution in [3.05, 3.63) is 54.1 Å². The number of benzene rings is 2. The first-order valence-corrected chi connectivity index (χ1v) is 14.3. The summed E-state index contributed by atoms with van der Waals surface area (Å²) in [6, 6.07) is 13.4. The van der Waals surface area contributed by atoms with Crippen molar-refractivity contribution in [1.29, 1.82) is 0 Å². The molecule has 0 spiro atoms. The summed E-state index contributed by atoms with van der Waals surface area (Å²) in [5.74, 6) is 1.37. The zero-order valence-electron chi connectivity index (χ0n) is 22.1. The molecule has 2 aromatic carbocycles. The third kappa shape index (κ3) is 7.18. The summed E-state index contributed by atoms with van der Waals surface area (Å²) in [6.45, 7) is 2.20. The van der Waals surface area contributed by atoms with Crippen molar-refractivity contribution in [3.63, 3.8) is 0 Å². The van der Waals surface area contributed by atoms with Crippen LogP contribution in [0.1, 0.15) is 61.7 Å². The molecule has 2 saturated carbocycles. The fourth-order valence-corrected chi connectivity index (χ4v) is 5.63. The maximum absolute atomic E-state index is 12.5. The Labute approximate surface area is 228 Å². The van der Waals surface area contributed by atoms with Crippen LogP contribution in [0, 0.1) is 11.8 Å². The summed E-state index contributed by atoms with van der Waals surface area (Å²) in [7, 11) is 0. The number of carbonyl (C=O) groups is 2. The van der Waals surface area contributed by atoms with Crippen molar-refractivity contribution < 1.29 is 38.0 Å². The van der Waals surface area contributed by atoms with E-state index in [1.54, 1.807) is 48.5 Å². The SMILES string of the molecule is O=C(Oc1ccc(OCCCCOCC2CCC3OC3C2)cc1)c1ccc(OC(=O)C2CCC3OC3C2)cc1. The Balaban J connectivity index is 0.860. The van der Waals surface area contributed by atoms with Crippen LogP contribution < -0.4 is 14.2 Å². The van der Waals surface area contributed by atoms with Crippen LogP contribution in [0.15, 0.2) is 48.5 Å². The number of carbonyl (C=O) groups excluding carboxylic acids is 2. The Morgan fingerprint density at radius 3 is 2.08 bits per heavy atom. The molecule has 0 aromatic heterocycles. The quantitative estimate of drug-likeness (QED) is 0.160. The van der Waals surface area contributed by atoms with Gasteiger partial charge in [-0.3, -0.25) is 4.79 Å². The van der Waals surface area contributed by atoms with Crippen LogP contribution in [0.2, 0.25) is 0 Å². The molecule has 4 fully saturated rings. The maximum Gasteiger partial charge on any atom is 0.343 e. The van der Waals surface area contributed by atoms with Crippen molar-refractivity contribution in [1.82, 2.24) is 0 Å². The van der Waals surface area contributed by atoms with Crippen LogP contribution in [0.5, 0.6) is 17.2 Å². The van der Waals surface area contributed by atoms with E-state index in [1.165, 1.54) is 12.8 Å². The van der Waals surface area contributed by atoms with E-state index in [2.05, 4.69) is 0 Å². The second-order valence-corrected chi connectivity index (χ2v) is 11.1. The van der Waals surface area contributed by atoms with Gasteiger partial charge in [0.2, 0.25) is 0 Å². The van der Waals surface area contributed by atoms with Gasteiger partial charge in [0.1, 0.15) is 17.2 Å². The highest BCUT2D eigenvalue weighted by Crippen LogP contribution is 2.40. The van der Waals surface area contributed by atoms with Crippen LogP contribution in [0.4, 0.5) is 0 Å². The number of hydrogen-bond donors (Lipinski definition) is 0. The standard InChI is InChI=1S/C31H36O8/c32-30(21-4-7-24(8-5-21)37-31(33)22-6-14-27-29(18-22)39-27)36-25-11-9-23(10-12-25)35-16-2-1-15-34-19-20-3-13-26-28(17-20)38-26/h4-5,7-12,20,22,26-29H,1-3,6,13-19H2. The molecular weight excluding hydrogens is 500 g/mol. The molecule has 2 aliphatic heterocycles. The molecule has 2 heterocycles. The van der Waals surface area contributed by atoms with E-state index in [4.69, 9.17) is 28.4 Å². The highest BCUT2D eigenvalue weighted by Gasteiger charge is 2.46. The molecule has 2 saturated heterocycles. The van der Waals surface area contributed by atoms with Crippen molar-refractivity contribution in [3.8, 4) is 17.2 Å². The summed E-state index contributed by atoms with van der Waals surface area (Å²) in [4.78, 5) is 25.0. The van der Waals surface area contributed by atoms with Gasteiger partial charge in [-0.2, -0.15) is 0 Å². The maximum atomic E-state index is 12.5. The van der Waals surface area contributed by atoms with E-state index in [1.807, 2.05) is 0 Å². The van der Waals surface area contributed by atoms with Crippen molar-refractivity contribution in [2.24, 2.45) is 11.8 Å². The molecule has 8 heteroatoms. The summed E-state index contributed by atoms with van der Waals surface area (Å²) in [5, 5.41) is 0. The van der Waals surface area contributed by atoms with Crippen molar-refractivity contribution in [2.75, 3.05) is 19.8 Å². The van der Waals surface area contributed by atoms with Gasteiger partial charge in [-0.15, -0.1) is 0 Å². The molecule has 0 N–H and O–H groups in total. The molecule has 2 aromatic rings. The lowest BCUT2D eigenvalue weighted by atomic mass is 9.89. The van der Waals surface area contributed by atoms with Gasteiger partial charge in [-0.25, -0.2) is 4.79 Å². The summed E-state index contributed by atoms with van der Waals surface area (Å²) in [6.07, 6.45) is 9.48. The smallest absolute Gasteiger partial charge is 0.343 e. The third-order valence-corrected chi connectivity index (χ3v) is 8.10. The molecule has 39 heavy (non-hydrogen) atoms. The van der Waals surface area contributed by atoms with Crippen LogP contribution in [0.3, 0.4) is 0 Å². The van der Waals surface area contributed by atoms with E-state index in [-0.39, 0.29) is 18.0 Å². The topological polar surface area (TPSA) is 96.1 Å². The molecule has 4 aliphatic rings. The average molecular weight is 537 g/mol. The van der Waals surface area contributed by atoms with Gasteiger partial charge in [-0.1, -0.05) is 0 Å². The highest BCUT2D eigenvalue weighted by atomic mass is 16.6. The van der Waals surface area contributed by atoms with Crippen molar-refractivity contribution in [2.45, 2.75) is 75.8 Å². The van der Waals surface area contributed by atoms with Gasteiger partial charge < -0.3 is 28.4 Å². The number of esters is 2. The first-order valence-electron chi connectivity index (χ1n) is 14.3. The first-order chi connectivity index (χ1) is 19.1. The normalized spacial score (nSPS) is 28.5. The van der Waals surface area contributed by atoms with E-state index >= 15 is 0 Å². The van der Waals surface area contributed by atoms with Gasteiger partial charge in [0.25, 0.3) is 0 Å². The fraction of sp³-hybridized carbons (Fsp3) is 0.548. The van der Waals surface area contributed by atoms with E-state index < -0.39 is 5.97 Å². The van der Waals surface area contributed by atoms with Crippen LogP contribution in [-0.2, 0) is 19.0 Å². The Hall–Kier alpha value is -2.94. The minimum Gasteiger partial charge on any atom is -0.494 e. The Morgan fingerprint density at radius 1 is 0.692 bits per heavy atom. The van der Waals surface area contributed by atoms with Crippen LogP contribution in [0.25, 0.3) is 0 Å². The van der Waals surface area contributed by atoms with E-state index in [0.29, 0.717) is 47.9 Å². The molecule has 6 unspecified atom stereocenters. The van der Waals surface area contributed by atoms with Gasteiger partial charge in [-0.05, 0) is 106 Å². The van der Waals surface area contributed by atoms with Crippen LogP contribution in [-0.4, -0.2) is 56.2 Å². The van der Waals surface area contributed by atoms with Crippen LogP contribution >= 0.6 is 0 Å². The molecular formula is C31H36O8. The molecule has 0 radical (unpaired) electrons. The second-order valence-electron chi connectivity index (χ2n) is 11.1. The number of rotatable bonds is 12. The molecule has 0 bridgehead atoms. The minimum absolute atomic E-state index is 0.128. The molecule has 2 aliphatic carbocycles.